The van der Waals surface area contributed by atoms with Gasteiger partial charge in [-0.1, -0.05) is 35.6 Å². The minimum atomic E-state index is 0.0700. The standard InChI is InChI=1S/C13H22N2OS2/c1-15(2)13(17)18-10-12(16)14-9-8-11-6-4-3-5-7-11/h6H,3-5,7-10H2,1-2H3,(H,14,16). The molecule has 0 heterocycles. The van der Waals surface area contributed by atoms with E-state index in [0.717, 1.165) is 17.3 Å². The molecule has 1 aliphatic rings. The van der Waals surface area contributed by atoms with Gasteiger partial charge >= 0.3 is 0 Å². The average Bonchev–Trinajstić information content (AvgIpc) is 2.37. The minimum absolute atomic E-state index is 0.0700. The number of allylic oxidation sites excluding steroid dienone is 1. The third-order valence-electron chi connectivity index (χ3n) is 2.85. The molecule has 0 saturated carbocycles. The van der Waals surface area contributed by atoms with Crippen molar-refractivity contribution in [2.24, 2.45) is 0 Å². The lowest BCUT2D eigenvalue weighted by molar-refractivity contribution is -0.118. The molecule has 1 N–H and O–H groups in total. The zero-order valence-electron chi connectivity index (χ0n) is 11.2. The first-order valence-electron chi connectivity index (χ1n) is 6.38. The number of thiocarbonyl (C=S) groups is 1. The molecular weight excluding hydrogens is 264 g/mol. The maximum Gasteiger partial charge on any atom is 0.230 e. The molecule has 0 aliphatic heterocycles. The number of carbonyl (C=O) groups is 1. The van der Waals surface area contributed by atoms with Crippen molar-refractivity contribution in [2.45, 2.75) is 32.1 Å². The summed E-state index contributed by atoms with van der Waals surface area (Å²) < 4.78 is 0.750. The Morgan fingerprint density at radius 3 is 2.89 bits per heavy atom. The zero-order chi connectivity index (χ0) is 13.4. The van der Waals surface area contributed by atoms with E-state index < -0.39 is 0 Å². The van der Waals surface area contributed by atoms with E-state index in [-0.39, 0.29) is 5.91 Å². The van der Waals surface area contributed by atoms with Crippen LogP contribution in [0.1, 0.15) is 32.1 Å². The molecular formula is C13H22N2OS2. The Labute approximate surface area is 119 Å². The van der Waals surface area contributed by atoms with Gasteiger partial charge in [0, 0.05) is 20.6 Å². The number of hydrogen-bond donors (Lipinski definition) is 1. The fourth-order valence-electron chi connectivity index (χ4n) is 1.80. The van der Waals surface area contributed by atoms with E-state index in [1.165, 1.54) is 43.0 Å². The van der Waals surface area contributed by atoms with Crippen LogP contribution in [0.15, 0.2) is 11.6 Å². The smallest absolute Gasteiger partial charge is 0.230 e. The first-order valence-corrected chi connectivity index (χ1v) is 7.77. The second-order valence-corrected chi connectivity index (χ2v) is 6.27. The van der Waals surface area contributed by atoms with Crippen molar-refractivity contribution in [1.29, 1.82) is 0 Å². The van der Waals surface area contributed by atoms with E-state index in [0.29, 0.717) is 5.75 Å². The number of nitrogens with zero attached hydrogens (tertiary/aromatic N) is 1. The van der Waals surface area contributed by atoms with Crippen molar-refractivity contribution in [3.8, 4) is 0 Å². The van der Waals surface area contributed by atoms with Gasteiger partial charge in [-0.25, -0.2) is 0 Å². The molecule has 3 nitrogen and oxygen atoms in total. The van der Waals surface area contributed by atoms with Crippen molar-refractivity contribution >= 4 is 34.2 Å². The lowest BCUT2D eigenvalue weighted by Gasteiger charge is -2.14. The summed E-state index contributed by atoms with van der Waals surface area (Å²) >= 11 is 6.52. The highest BCUT2D eigenvalue weighted by Crippen LogP contribution is 2.19. The normalized spacial score (nSPS) is 14.9. The molecule has 0 aromatic rings. The van der Waals surface area contributed by atoms with Gasteiger partial charge in [-0.3, -0.25) is 4.79 Å². The van der Waals surface area contributed by atoms with Crippen LogP contribution in [-0.4, -0.2) is 41.5 Å². The molecule has 1 rings (SSSR count). The Hall–Kier alpha value is -0.550. The Balaban J connectivity index is 2.10. The number of amides is 1. The lowest BCUT2D eigenvalue weighted by Crippen LogP contribution is -2.28. The van der Waals surface area contributed by atoms with Gasteiger partial charge in [0.2, 0.25) is 5.91 Å². The average molecular weight is 286 g/mol. The van der Waals surface area contributed by atoms with Gasteiger partial charge in [0.15, 0.2) is 0 Å². The van der Waals surface area contributed by atoms with Crippen LogP contribution >= 0.6 is 24.0 Å². The number of hydrogen-bond acceptors (Lipinski definition) is 3. The van der Waals surface area contributed by atoms with Gasteiger partial charge in [0.1, 0.15) is 4.32 Å². The van der Waals surface area contributed by atoms with Gasteiger partial charge in [0.05, 0.1) is 5.75 Å². The SMILES string of the molecule is CN(C)C(=S)SCC(=O)NCCC1=CCCCC1. The molecule has 0 fully saturated rings. The summed E-state index contributed by atoms with van der Waals surface area (Å²) in [5.41, 5.74) is 1.50. The predicted molar refractivity (Wildman–Crippen MR) is 82.9 cm³/mol. The summed E-state index contributed by atoms with van der Waals surface area (Å²) in [4.78, 5) is 13.4. The number of nitrogens with one attached hydrogen (secondary N) is 1. The molecule has 102 valence electrons. The highest BCUT2D eigenvalue weighted by atomic mass is 32.2. The number of rotatable bonds is 5. The van der Waals surface area contributed by atoms with Gasteiger partial charge in [-0.2, -0.15) is 0 Å². The van der Waals surface area contributed by atoms with E-state index in [2.05, 4.69) is 11.4 Å². The zero-order valence-corrected chi connectivity index (χ0v) is 12.8. The van der Waals surface area contributed by atoms with E-state index in [4.69, 9.17) is 12.2 Å². The van der Waals surface area contributed by atoms with Crippen LogP contribution in [0, 0.1) is 0 Å². The quantitative estimate of drug-likeness (QED) is 0.622. The van der Waals surface area contributed by atoms with Crippen LogP contribution in [0.2, 0.25) is 0 Å². The fraction of sp³-hybridized carbons (Fsp3) is 0.692. The predicted octanol–water partition coefficient (Wildman–Crippen LogP) is 2.57. The molecule has 0 atom stereocenters. The van der Waals surface area contributed by atoms with Crippen LogP contribution in [0.25, 0.3) is 0 Å². The van der Waals surface area contributed by atoms with Crippen molar-refractivity contribution in [1.82, 2.24) is 10.2 Å². The second kappa shape index (κ2) is 8.53. The van der Waals surface area contributed by atoms with Crippen molar-refractivity contribution < 1.29 is 4.79 Å². The number of carbonyl (C=O) groups excluding carboxylic acids is 1. The third kappa shape index (κ3) is 6.40. The maximum absolute atomic E-state index is 11.6. The molecule has 5 heteroatoms. The van der Waals surface area contributed by atoms with Crippen LogP contribution < -0.4 is 5.32 Å². The summed E-state index contributed by atoms with van der Waals surface area (Å²) in [6.07, 6.45) is 8.34. The topological polar surface area (TPSA) is 32.3 Å². The van der Waals surface area contributed by atoms with Crippen molar-refractivity contribution in [3.05, 3.63) is 11.6 Å². The summed E-state index contributed by atoms with van der Waals surface area (Å²) in [5, 5.41) is 2.95. The molecule has 0 bridgehead atoms. The highest BCUT2D eigenvalue weighted by molar-refractivity contribution is 8.23. The Morgan fingerprint density at radius 2 is 2.28 bits per heavy atom. The first-order chi connectivity index (χ1) is 8.59. The van der Waals surface area contributed by atoms with E-state index in [1.807, 2.05) is 19.0 Å². The number of thioether (sulfide) groups is 1. The molecule has 0 aromatic carbocycles. The van der Waals surface area contributed by atoms with Gasteiger partial charge in [-0.15, -0.1) is 0 Å². The second-order valence-electron chi connectivity index (χ2n) is 4.66. The first kappa shape index (κ1) is 15.5. The summed E-state index contributed by atoms with van der Waals surface area (Å²) in [6, 6.07) is 0. The Morgan fingerprint density at radius 1 is 1.50 bits per heavy atom. The summed E-state index contributed by atoms with van der Waals surface area (Å²) in [7, 11) is 3.78. The Kier molecular flexibility index (Phi) is 7.35. The lowest BCUT2D eigenvalue weighted by atomic mass is 9.97. The minimum Gasteiger partial charge on any atom is -0.364 e. The molecule has 1 amide bonds. The largest absolute Gasteiger partial charge is 0.364 e. The maximum atomic E-state index is 11.6. The molecule has 0 spiro atoms. The van der Waals surface area contributed by atoms with Crippen molar-refractivity contribution in [2.75, 3.05) is 26.4 Å². The van der Waals surface area contributed by atoms with Crippen molar-refractivity contribution in [3.63, 3.8) is 0 Å². The highest BCUT2D eigenvalue weighted by Gasteiger charge is 2.07. The van der Waals surface area contributed by atoms with E-state index in [1.54, 1.807) is 0 Å². The van der Waals surface area contributed by atoms with E-state index in [9.17, 15) is 4.79 Å². The molecule has 0 radical (unpaired) electrons. The monoisotopic (exact) mass is 286 g/mol. The van der Waals surface area contributed by atoms with Crippen LogP contribution in [0.5, 0.6) is 0 Å². The van der Waals surface area contributed by atoms with Crippen LogP contribution in [0.3, 0.4) is 0 Å². The fourth-order valence-corrected chi connectivity index (χ4v) is 2.59. The molecule has 0 saturated heterocycles. The van der Waals surface area contributed by atoms with Crippen LogP contribution in [-0.2, 0) is 4.79 Å². The third-order valence-corrected chi connectivity index (χ3v) is 4.58. The van der Waals surface area contributed by atoms with Gasteiger partial charge < -0.3 is 10.2 Å². The molecule has 0 unspecified atom stereocenters. The summed E-state index contributed by atoms with van der Waals surface area (Å²) in [5.74, 6) is 0.483. The van der Waals surface area contributed by atoms with Gasteiger partial charge in [-0.05, 0) is 32.1 Å². The van der Waals surface area contributed by atoms with Gasteiger partial charge in [0.25, 0.3) is 0 Å². The van der Waals surface area contributed by atoms with E-state index >= 15 is 0 Å². The molecule has 0 aromatic heterocycles. The molecule has 1 aliphatic carbocycles. The van der Waals surface area contributed by atoms with Crippen LogP contribution in [0.4, 0.5) is 0 Å². The molecule has 18 heavy (non-hydrogen) atoms. The summed E-state index contributed by atoms with van der Waals surface area (Å²) in [6.45, 7) is 0.750. The Bertz CT molecular complexity index is 327.